The van der Waals surface area contributed by atoms with Crippen molar-refractivity contribution in [1.82, 2.24) is 0 Å². The SMILES string of the molecule is [NH2+]=C(Cl)c1cccc([C@H]2CC2CO/N=C/c2ccccc2)c1. The van der Waals surface area contributed by atoms with Crippen molar-refractivity contribution >= 4 is 23.0 Å². The van der Waals surface area contributed by atoms with Crippen LogP contribution in [0.15, 0.2) is 59.8 Å². The maximum Gasteiger partial charge on any atom is 0.273 e. The molecule has 1 fully saturated rings. The molecule has 2 aromatic carbocycles. The first kappa shape index (κ1) is 14.8. The van der Waals surface area contributed by atoms with E-state index < -0.39 is 0 Å². The quantitative estimate of drug-likeness (QED) is 0.646. The molecule has 1 saturated carbocycles. The van der Waals surface area contributed by atoms with E-state index in [1.165, 1.54) is 5.56 Å². The van der Waals surface area contributed by atoms with Crippen molar-refractivity contribution in [2.45, 2.75) is 12.3 Å². The molecule has 3 nitrogen and oxygen atoms in total. The Morgan fingerprint density at radius 1 is 1.23 bits per heavy atom. The first-order chi connectivity index (χ1) is 10.7. The normalized spacial score (nSPS) is 20.0. The van der Waals surface area contributed by atoms with Crippen molar-refractivity contribution in [2.24, 2.45) is 11.1 Å². The summed E-state index contributed by atoms with van der Waals surface area (Å²) in [5.41, 5.74) is 3.19. The van der Waals surface area contributed by atoms with Crippen LogP contribution >= 0.6 is 11.6 Å². The van der Waals surface area contributed by atoms with Gasteiger partial charge in [0.25, 0.3) is 5.17 Å². The molecule has 112 valence electrons. The van der Waals surface area contributed by atoms with E-state index >= 15 is 0 Å². The highest BCUT2D eigenvalue weighted by Crippen LogP contribution is 2.47. The zero-order chi connectivity index (χ0) is 15.4. The van der Waals surface area contributed by atoms with Gasteiger partial charge in [-0.15, -0.1) is 0 Å². The Morgan fingerprint density at radius 2 is 2.05 bits per heavy atom. The number of hydrogen-bond donors (Lipinski definition) is 1. The van der Waals surface area contributed by atoms with Crippen LogP contribution in [0.25, 0.3) is 0 Å². The number of oxime groups is 1. The maximum absolute atomic E-state index is 5.85. The molecule has 0 aliphatic heterocycles. The number of halogens is 1. The molecule has 0 amide bonds. The summed E-state index contributed by atoms with van der Waals surface area (Å²) in [5.74, 6) is 1.03. The van der Waals surface area contributed by atoms with Gasteiger partial charge in [0, 0.05) is 5.92 Å². The van der Waals surface area contributed by atoms with Crippen LogP contribution in [0.1, 0.15) is 29.0 Å². The molecule has 2 atom stereocenters. The van der Waals surface area contributed by atoms with Gasteiger partial charge in [-0.3, -0.25) is 0 Å². The summed E-state index contributed by atoms with van der Waals surface area (Å²) in [5, 5.41) is 9.99. The highest BCUT2D eigenvalue weighted by atomic mass is 35.5. The van der Waals surface area contributed by atoms with Crippen LogP contribution < -0.4 is 5.41 Å². The standard InChI is InChI=1S/C18H17ClN2O/c19-18(20)15-8-4-7-14(9-15)17-10-16(17)12-22-21-11-13-5-2-1-3-6-13/h1-9,11,16-17,20H,10,12H2/p+1/b20-18?,21-11+/t16?,17-/m1/s1. The average molecular weight is 314 g/mol. The molecule has 2 N–H and O–H groups in total. The van der Waals surface area contributed by atoms with E-state index in [0.29, 0.717) is 23.6 Å². The molecule has 0 saturated heterocycles. The first-order valence-corrected chi connectivity index (χ1v) is 7.70. The van der Waals surface area contributed by atoms with E-state index in [9.17, 15) is 0 Å². The van der Waals surface area contributed by atoms with Gasteiger partial charge in [-0.1, -0.05) is 47.6 Å². The summed E-state index contributed by atoms with van der Waals surface area (Å²) in [6.45, 7) is 0.637. The number of hydrogen-bond acceptors (Lipinski definition) is 2. The largest absolute Gasteiger partial charge is 0.395 e. The molecule has 0 aromatic heterocycles. The van der Waals surface area contributed by atoms with E-state index in [-0.39, 0.29) is 0 Å². The number of nitrogens with zero attached hydrogens (tertiary/aromatic N) is 1. The third-order valence-electron chi connectivity index (χ3n) is 3.88. The van der Waals surface area contributed by atoms with Crippen LogP contribution in [0.5, 0.6) is 0 Å². The second kappa shape index (κ2) is 6.75. The second-order valence-corrected chi connectivity index (χ2v) is 5.92. The summed E-state index contributed by atoms with van der Waals surface area (Å²) in [6.07, 6.45) is 2.85. The van der Waals surface area contributed by atoms with Crippen LogP contribution in [-0.2, 0) is 4.84 Å². The molecule has 0 radical (unpaired) electrons. The Bertz CT molecular complexity index is 684. The highest BCUT2D eigenvalue weighted by molar-refractivity contribution is 6.67. The fourth-order valence-electron chi connectivity index (χ4n) is 2.53. The Balaban J connectivity index is 1.50. The van der Waals surface area contributed by atoms with Crippen molar-refractivity contribution in [1.29, 1.82) is 0 Å². The van der Waals surface area contributed by atoms with Gasteiger partial charge in [0.1, 0.15) is 6.61 Å². The lowest BCUT2D eigenvalue weighted by atomic mass is 10.1. The Kier molecular flexibility index (Phi) is 4.54. The number of benzene rings is 2. The van der Waals surface area contributed by atoms with E-state index in [1.54, 1.807) is 6.21 Å². The molecule has 0 spiro atoms. The molecular weight excluding hydrogens is 296 g/mol. The van der Waals surface area contributed by atoms with Gasteiger partial charge in [-0.05, 0) is 47.2 Å². The predicted octanol–water partition coefficient (Wildman–Crippen LogP) is 2.59. The number of nitrogens with two attached hydrogens (primary N) is 1. The van der Waals surface area contributed by atoms with Crippen molar-refractivity contribution in [3.8, 4) is 0 Å². The van der Waals surface area contributed by atoms with E-state index in [1.807, 2.05) is 42.5 Å². The van der Waals surface area contributed by atoms with Crippen molar-refractivity contribution in [3.63, 3.8) is 0 Å². The fourth-order valence-corrected chi connectivity index (χ4v) is 2.65. The molecule has 1 aliphatic carbocycles. The molecular formula is C18H18ClN2O+. The minimum Gasteiger partial charge on any atom is -0.395 e. The van der Waals surface area contributed by atoms with Crippen molar-refractivity contribution in [3.05, 3.63) is 71.3 Å². The zero-order valence-corrected chi connectivity index (χ0v) is 12.9. The van der Waals surface area contributed by atoms with Gasteiger partial charge in [-0.25, -0.2) is 5.41 Å². The summed E-state index contributed by atoms with van der Waals surface area (Å²) >= 11 is 5.85. The minimum absolute atomic E-state index is 0.336. The molecule has 4 heteroatoms. The van der Waals surface area contributed by atoms with Crippen molar-refractivity contribution < 1.29 is 10.2 Å². The lowest BCUT2D eigenvalue weighted by Crippen LogP contribution is -2.36. The zero-order valence-electron chi connectivity index (χ0n) is 12.2. The van der Waals surface area contributed by atoms with Gasteiger partial charge in [0.15, 0.2) is 0 Å². The summed E-state index contributed by atoms with van der Waals surface area (Å²) in [4.78, 5) is 5.40. The van der Waals surface area contributed by atoms with Gasteiger partial charge >= 0.3 is 0 Å². The Labute approximate surface area is 135 Å². The lowest BCUT2D eigenvalue weighted by Gasteiger charge is -2.02. The fraction of sp³-hybridized carbons (Fsp3) is 0.222. The van der Waals surface area contributed by atoms with Gasteiger partial charge in [0.05, 0.1) is 11.8 Å². The molecule has 0 bridgehead atoms. The molecule has 0 heterocycles. The molecule has 2 aromatic rings. The third-order valence-corrected chi connectivity index (χ3v) is 4.10. The van der Waals surface area contributed by atoms with Crippen LogP contribution in [0, 0.1) is 5.92 Å². The molecule has 3 rings (SSSR count). The van der Waals surface area contributed by atoms with Crippen LogP contribution in [0.2, 0.25) is 0 Å². The monoisotopic (exact) mass is 313 g/mol. The Morgan fingerprint density at radius 3 is 2.82 bits per heavy atom. The average Bonchev–Trinajstić information content (AvgIpc) is 3.32. The summed E-state index contributed by atoms with van der Waals surface area (Å²) in [7, 11) is 0. The van der Waals surface area contributed by atoms with Crippen LogP contribution in [-0.4, -0.2) is 18.0 Å². The molecule has 22 heavy (non-hydrogen) atoms. The van der Waals surface area contributed by atoms with E-state index in [4.69, 9.17) is 21.8 Å². The maximum atomic E-state index is 5.85. The molecule has 1 aliphatic rings. The number of rotatable bonds is 6. The van der Waals surface area contributed by atoms with Gasteiger partial charge < -0.3 is 4.84 Å². The second-order valence-electron chi connectivity index (χ2n) is 5.52. The molecule has 1 unspecified atom stereocenters. The highest BCUT2D eigenvalue weighted by Gasteiger charge is 2.39. The topological polar surface area (TPSA) is 47.2 Å². The lowest BCUT2D eigenvalue weighted by molar-refractivity contribution is -0.108. The smallest absolute Gasteiger partial charge is 0.273 e. The van der Waals surface area contributed by atoms with E-state index in [2.05, 4.69) is 17.3 Å². The summed E-state index contributed by atoms with van der Waals surface area (Å²) in [6, 6.07) is 18.0. The van der Waals surface area contributed by atoms with Gasteiger partial charge in [-0.2, -0.15) is 0 Å². The van der Waals surface area contributed by atoms with E-state index in [0.717, 1.165) is 17.5 Å². The third kappa shape index (κ3) is 3.74. The first-order valence-electron chi connectivity index (χ1n) is 7.32. The van der Waals surface area contributed by atoms with Gasteiger partial charge in [0.2, 0.25) is 0 Å². The van der Waals surface area contributed by atoms with Crippen LogP contribution in [0.4, 0.5) is 0 Å². The van der Waals surface area contributed by atoms with Crippen LogP contribution in [0.3, 0.4) is 0 Å². The minimum atomic E-state index is 0.336. The summed E-state index contributed by atoms with van der Waals surface area (Å²) < 4.78 is 0. The predicted molar refractivity (Wildman–Crippen MR) is 89.2 cm³/mol. The Hall–Kier alpha value is -2.13. The van der Waals surface area contributed by atoms with Crippen molar-refractivity contribution in [2.75, 3.05) is 6.61 Å².